The highest BCUT2D eigenvalue weighted by Gasteiger charge is 2.10. The van der Waals surface area contributed by atoms with Crippen molar-refractivity contribution in [1.82, 2.24) is 0 Å². The Morgan fingerprint density at radius 1 is 1.28 bits per heavy atom. The van der Waals surface area contributed by atoms with Crippen molar-refractivity contribution >= 4 is 23.6 Å². The first kappa shape index (κ1) is 12.5. The van der Waals surface area contributed by atoms with Gasteiger partial charge in [0.05, 0.1) is 17.6 Å². The number of carbonyl (C=O) groups excluding carboxylic acids is 2. The van der Waals surface area contributed by atoms with Gasteiger partial charge in [-0.05, 0) is 42.3 Å². The number of rotatable bonds is 3. The molecule has 0 saturated heterocycles. The van der Waals surface area contributed by atoms with E-state index >= 15 is 0 Å². The molecule has 0 saturated carbocycles. The third-order valence-electron chi connectivity index (χ3n) is 2.66. The van der Waals surface area contributed by atoms with Gasteiger partial charge in [-0.3, -0.25) is 4.79 Å². The molecule has 92 valence electrons. The molecular formula is C14H12O3S. The normalized spacial score (nSPS) is 10.1. The van der Waals surface area contributed by atoms with Crippen LogP contribution in [-0.4, -0.2) is 19.4 Å². The number of ether oxygens (including phenoxy) is 1. The molecule has 0 aliphatic carbocycles. The molecular weight excluding hydrogens is 248 g/mol. The number of hydrogen-bond donors (Lipinski definition) is 0. The van der Waals surface area contributed by atoms with Crippen LogP contribution >= 0.6 is 11.3 Å². The minimum atomic E-state index is -0.334. The minimum absolute atomic E-state index is 0.334. The summed E-state index contributed by atoms with van der Waals surface area (Å²) in [5.41, 5.74) is 2.42. The molecule has 0 unspecified atom stereocenters. The predicted octanol–water partition coefficient (Wildman–Crippen LogP) is 3.32. The number of methoxy groups -OCH3 is 1. The van der Waals surface area contributed by atoms with Gasteiger partial charge < -0.3 is 4.74 Å². The van der Waals surface area contributed by atoms with Crippen LogP contribution in [0.3, 0.4) is 0 Å². The molecule has 0 fully saturated rings. The van der Waals surface area contributed by atoms with E-state index in [2.05, 4.69) is 0 Å². The first-order chi connectivity index (χ1) is 8.65. The lowest BCUT2D eigenvalue weighted by atomic mass is 10.0. The molecule has 1 heterocycles. The van der Waals surface area contributed by atoms with Crippen LogP contribution in [0.4, 0.5) is 0 Å². The number of thiophene rings is 1. The van der Waals surface area contributed by atoms with E-state index in [1.807, 2.05) is 25.1 Å². The van der Waals surface area contributed by atoms with Crippen LogP contribution in [0.15, 0.2) is 30.3 Å². The van der Waals surface area contributed by atoms with Crippen LogP contribution in [0, 0.1) is 6.92 Å². The number of aryl methyl sites for hydroxylation is 1. The van der Waals surface area contributed by atoms with Crippen LogP contribution in [-0.2, 0) is 4.74 Å². The molecule has 0 radical (unpaired) electrons. The summed E-state index contributed by atoms with van der Waals surface area (Å²) in [6.45, 7) is 1.87. The lowest BCUT2D eigenvalue weighted by molar-refractivity contribution is 0.0600. The SMILES string of the molecule is COC(=O)c1ccc(-c2ccc(C=O)s2)cc1C. The predicted molar refractivity (Wildman–Crippen MR) is 71.2 cm³/mol. The second kappa shape index (κ2) is 5.14. The second-order valence-electron chi connectivity index (χ2n) is 3.84. The van der Waals surface area contributed by atoms with Crippen LogP contribution < -0.4 is 0 Å². The Morgan fingerprint density at radius 2 is 2.06 bits per heavy atom. The van der Waals surface area contributed by atoms with E-state index in [-0.39, 0.29) is 5.97 Å². The summed E-state index contributed by atoms with van der Waals surface area (Å²) < 4.78 is 4.70. The molecule has 0 atom stereocenters. The Hall–Kier alpha value is -1.94. The second-order valence-corrected chi connectivity index (χ2v) is 4.96. The first-order valence-corrected chi connectivity index (χ1v) is 6.21. The molecule has 1 aromatic heterocycles. The number of esters is 1. The molecule has 2 aromatic rings. The molecule has 0 N–H and O–H groups in total. The quantitative estimate of drug-likeness (QED) is 0.628. The van der Waals surface area contributed by atoms with Gasteiger partial charge in [-0.25, -0.2) is 4.79 Å². The number of aldehydes is 1. The van der Waals surface area contributed by atoms with Crippen molar-refractivity contribution in [1.29, 1.82) is 0 Å². The lowest BCUT2D eigenvalue weighted by Crippen LogP contribution is -2.03. The van der Waals surface area contributed by atoms with Gasteiger partial charge in [0.1, 0.15) is 0 Å². The Balaban J connectivity index is 2.39. The third-order valence-corrected chi connectivity index (χ3v) is 3.72. The zero-order valence-electron chi connectivity index (χ0n) is 10.1. The molecule has 0 aliphatic rings. The van der Waals surface area contributed by atoms with Crippen molar-refractivity contribution in [3.63, 3.8) is 0 Å². The highest BCUT2D eigenvalue weighted by molar-refractivity contribution is 7.17. The zero-order chi connectivity index (χ0) is 13.1. The topological polar surface area (TPSA) is 43.4 Å². The van der Waals surface area contributed by atoms with Gasteiger partial charge in [0.2, 0.25) is 0 Å². The van der Waals surface area contributed by atoms with Crippen molar-refractivity contribution in [2.24, 2.45) is 0 Å². The van der Waals surface area contributed by atoms with E-state index in [0.717, 1.165) is 22.3 Å². The van der Waals surface area contributed by atoms with Gasteiger partial charge >= 0.3 is 5.97 Å². The molecule has 0 bridgehead atoms. The van der Waals surface area contributed by atoms with Crippen LogP contribution in [0.25, 0.3) is 10.4 Å². The van der Waals surface area contributed by atoms with Gasteiger partial charge in [0.15, 0.2) is 6.29 Å². The van der Waals surface area contributed by atoms with Crippen LogP contribution in [0.1, 0.15) is 25.6 Å². The maximum atomic E-state index is 11.5. The maximum Gasteiger partial charge on any atom is 0.338 e. The minimum Gasteiger partial charge on any atom is -0.465 e. The Morgan fingerprint density at radius 3 is 2.61 bits per heavy atom. The summed E-state index contributed by atoms with van der Waals surface area (Å²) in [4.78, 5) is 23.8. The van der Waals surface area contributed by atoms with Crippen molar-refractivity contribution in [3.05, 3.63) is 46.3 Å². The van der Waals surface area contributed by atoms with E-state index in [9.17, 15) is 9.59 Å². The molecule has 2 rings (SSSR count). The van der Waals surface area contributed by atoms with E-state index in [4.69, 9.17) is 4.74 Å². The summed E-state index contributed by atoms with van der Waals surface area (Å²) >= 11 is 1.43. The standard InChI is InChI=1S/C14H12O3S/c1-9-7-10(3-5-12(9)14(16)17-2)13-6-4-11(8-15)18-13/h3-8H,1-2H3. The van der Waals surface area contributed by atoms with E-state index in [0.29, 0.717) is 10.4 Å². The largest absolute Gasteiger partial charge is 0.465 e. The van der Waals surface area contributed by atoms with Gasteiger partial charge in [-0.15, -0.1) is 11.3 Å². The molecule has 4 heteroatoms. The van der Waals surface area contributed by atoms with Gasteiger partial charge in [0, 0.05) is 4.88 Å². The van der Waals surface area contributed by atoms with Gasteiger partial charge in [0.25, 0.3) is 0 Å². The number of carbonyl (C=O) groups is 2. The summed E-state index contributed by atoms with van der Waals surface area (Å²) in [5.74, 6) is -0.334. The summed E-state index contributed by atoms with van der Waals surface area (Å²) in [6, 6.07) is 9.22. The van der Waals surface area contributed by atoms with E-state index in [1.165, 1.54) is 18.4 Å². The van der Waals surface area contributed by atoms with E-state index in [1.54, 1.807) is 12.1 Å². The van der Waals surface area contributed by atoms with Crippen molar-refractivity contribution in [3.8, 4) is 10.4 Å². The smallest absolute Gasteiger partial charge is 0.338 e. The fraction of sp³-hybridized carbons (Fsp3) is 0.143. The first-order valence-electron chi connectivity index (χ1n) is 5.40. The third kappa shape index (κ3) is 2.33. The maximum absolute atomic E-state index is 11.5. The van der Waals surface area contributed by atoms with Crippen LogP contribution in [0.5, 0.6) is 0 Å². The zero-order valence-corrected chi connectivity index (χ0v) is 10.9. The summed E-state index contributed by atoms with van der Waals surface area (Å²) in [7, 11) is 1.37. The monoisotopic (exact) mass is 260 g/mol. The molecule has 1 aromatic carbocycles. The Bertz CT molecular complexity index is 599. The summed E-state index contributed by atoms with van der Waals surface area (Å²) in [5, 5.41) is 0. The Labute approximate surface area is 109 Å². The Kier molecular flexibility index (Phi) is 3.58. The molecule has 0 aliphatic heterocycles. The van der Waals surface area contributed by atoms with Crippen molar-refractivity contribution in [2.45, 2.75) is 6.92 Å². The highest BCUT2D eigenvalue weighted by atomic mass is 32.1. The highest BCUT2D eigenvalue weighted by Crippen LogP contribution is 2.28. The fourth-order valence-electron chi connectivity index (χ4n) is 1.73. The fourth-order valence-corrected chi connectivity index (χ4v) is 2.55. The lowest BCUT2D eigenvalue weighted by Gasteiger charge is -2.05. The van der Waals surface area contributed by atoms with Gasteiger partial charge in [-0.2, -0.15) is 0 Å². The molecule has 18 heavy (non-hydrogen) atoms. The van der Waals surface area contributed by atoms with Gasteiger partial charge in [-0.1, -0.05) is 6.07 Å². The molecule has 0 amide bonds. The van der Waals surface area contributed by atoms with Crippen LogP contribution in [0.2, 0.25) is 0 Å². The molecule has 0 spiro atoms. The average molecular weight is 260 g/mol. The molecule has 3 nitrogen and oxygen atoms in total. The number of benzene rings is 1. The van der Waals surface area contributed by atoms with E-state index < -0.39 is 0 Å². The number of hydrogen-bond acceptors (Lipinski definition) is 4. The average Bonchev–Trinajstić information content (AvgIpc) is 2.86. The van der Waals surface area contributed by atoms with Crippen molar-refractivity contribution < 1.29 is 14.3 Å². The van der Waals surface area contributed by atoms with Crippen molar-refractivity contribution in [2.75, 3.05) is 7.11 Å². The summed E-state index contributed by atoms with van der Waals surface area (Å²) in [6.07, 6.45) is 0.837.